The van der Waals surface area contributed by atoms with Gasteiger partial charge in [0, 0.05) is 5.57 Å². The Morgan fingerprint density at radius 2 is 1.90 bits per heavy atom. The highest BCUT2D eigenvalue weighted by Crippen LogP contribution is 2.22. The minimum absolute atomic E-state index is 0.122. The second kappa shape index (κ2) is 6.15. The largest absolute Gasteiger partial charge is 0.493 e. The number of Topliss-reactive ketones (excluding diaryl/α,β-unsaturated/α-hetero) is 1. The summed E-state index contributed by atoms with van der Waals surface area (Å²) in [6.45, 7) is 3.86. The summed E-state index contributed by atoms with van der Waals surface area (Å²) >= 11 is 0. The molecule has 3 nitrogen and oxygen atoms in total. The van der Waals surface area contributed by atoms with E-state index in [1.807, 2.05) is 43.3 Å². The van der Waals surface area contributed by atoms with Crippen LogP contribution in [0.5, 0.6) is 0 Å². The van der Waals surface area contributed by atoms with E-state index < -0.39 is 0 Å². The van der Waals surface area contributed by atoms with Crippen LogP contribution < -0.4 is 0 Å². The predicted molar refractivity (Wildman–Crippen MR) is 77.9 cm³/mol. The summed E-state index contributed by atoms with van der Waals surface area (Å²) in [5.41, 5.74) is 1.56. The van der Waals surface area contributed by atoms with Gasteiger partial charge in [-0.3, -0.25) is 9.59 Å². The SMILES string of the molecule is CCOC(/C=C/c1ccccc1)=C1\C(=O)C=C(C)C1=O. The molecule has 1 aromatic carbocycles. The fourth-order valence-electron chi connectivity index (χ4n) is 1.97. The Hall–Kier alpha value is -2.42. The molecule has 0 amide bonds. The number of carbonyl (C=O) groups is 2. The Morgan fingerprint density at radius 3 is 2.45 bits per heavy atom. The molecule has 3 heteroatoms. The minimum atomic E-state index is -0.284. The second-order valence-electron chi connectivity index (χ2n) is 4.44. The summed E-state index contributed by atoms with van der Waals surface area (Å²) in [7, 11) is 0. The zero-order valence-corrected chi connectivity index (χ0v) is 11.6. The molecule has 0 heterocycles. The van der Waals surface area contributed by atoms with Gasteiger partial charge < -0.3 is 4.74 Å². The van der Waals surface area contributed by atoms with Gasteiger partial charge in [0.15, 0.2) is 11.6 Å². The van der Waals surface area contributed by atoms with E-state index in [2.05, 4.69) is 0 Å². The molecule has 0 fully saturated rings. The van der Waals surface area contributed by atoms with Crippen molar-refractivity contribution in [3.63, 3.8) is 0 Å². The number of benzene rings is 1. The number of ether oxygens (including phenoxy) is 1. The molecule has 0 bridgehead atoms. The van der Waals surface area contributed by atoms with Crippen LogP contribution in [0.4, 0.5) is 0 Å². The third-order valence-electron chi connectivity index (χ3n) is 2.95. The Balaban J connectivity index is 2.35. The first-order valence-corrected chi connectivity index (χ1v) is 6.51. The number of allylic oxidation sites excluding steroid dienone is 4. The average molecular weight is 268 g/mol. The lowest BCUT2D eigenvalue weighted by atomic mass is 10.1. The van der Waals surface area contributed by atoms with Crippen LogP contribution in [0.25, 0.3) is 6.08 Å². The van der Waals surface area contributed by atoms with Crippen LogP contribution >= 0.6 is 0 Å². The predicted octanol–water partition coefficient (Wildman–Crippen LogP) is 3.09. The van der Waals surface area contributed by atoms with Crippen LogP contribution in [0.2, 0.25) is 0 Å². The molecular formula is C17H16O3. The Labute approximate surface area is 118 Å². The topological polar surface area (TPSA) is 43.4 Å². The summed E-state index contributed by atoms with van der Waals surface area (Å²) < 4.78 is 5.45. The number of carbonyl (C=O) groups excluding carboxylic acids is 2. The summed E-state index contributed by atoms with van der Waals surface area (Å²) in [6.07, 6.45) is 4.86. The molecule has 0 radical (unpaired) electrons. The molecule has 2 rings (SSSR count). The average Bonchev–Trinajstić information content (AvgIpc) is 2.70. The molecule has 0 spiro atoms. The molecule has 0 unspecified atom stereocenters. The smallest absolute Gasteiger partial charge is 0.196 e. The maximum atomic E-state index is 12.0. The van der Waals surface area contributed by atoms with E-state index in [4.69, 9.17) is 4.74 Å². The molecule has 0 aliphatic heterocycles. The zero-order valence-electron chi connectivity index (χ0n) is 11.6. The summed E-state index contributed by atoms with van der Waals surface area (Å²) in [6, 6.07) is 9.64. The van der Waals surface area contributed by atoms with Crippen LogP contribution in [0.15, 0.2) is 59.4 Å². The molecule has 1 aliphatic rings. The summed E-state index contributed by atoms with van der Waals surface area (Å²) in [5.74, 6) is -0.204. The van der Waals surface area contributed by atoms with Crippen LogP contribution in [0.1, 0.15) is 19.4 Å². The molecular weight excluding hydrogens is 252 g/mol. The molecule has 0 saturated heterocycles. The molecule has 102 valence electrons. The van der Waals surface area contributed by atoms with E-state index in [-0.39, 0.29) is 17.1 Å². The van der Waals surface area contributed by atoms with Gasteiger partial charge in [-0.2, -0.15) is 0 Å². The first-order chi connectivity index (χ1) is 9.63. The van der Waals surface area contributed by atoms with Gasteiger partial charge in [0.1, 0.15) is 11.3 Å². The molecule has 0 aromatic heterocycles. The molecule has 0 saturated carbocycles. The Kier molecular flexibility index (Phi) is 4.31. The number of hydrogen-bond acceptors (Lipinski definition) is 3. The van der Waals surface area contributed by atoms with Crippen molar-refractivity contribution in [2.45, 2.75) is 13.8 Å². The van der Waals surface area contributed by atoms with E-state index in [0.29, 0.717) is 17.9 Å². The molecule has 0 atom stereocenters. The fourth-order valence-corrected chi connectivity index (χ4v) is 1.97. The number of ketones is 2. The van der Waals surface area contributed by atoms with Crippen molar-refractivity contribution in [2.24, 2.45) is 0 Å². The third-order valence-corrected chi connectivity index (χ3v) is 2.95. The van der Waals surface area contributed by atoms with Gasteiger partial charge in [-0.1, -0.05) is 36.4 Å². The molecule has 1 aromatic rings. The van der Waals surface area contributed by atoms with Gasteiger partial charge >= 0.3 is 0 Å². The third kappa shape index (κ3) is 2.94. The minimum Gasteiger partial charge on any atom is -0.493 e. The molecule has 1 aliphatic carbocycles. The van der Waals surface area contributed by atoms with Crippen LogP contribution in [-0.4, -0.2) is 18.2 Å². The van der Waals surface area contributed by atoms with Gasteiger partial charge in [0.25, 0.3) is 0 Å². The normalized spacial score (nSPS) is 17.6. The van der Waals surface area contributed by atoms with Crippen molar-refractivity contribution in [1.82, 2.24) is 0 Å². The van der Waals surface area contributed by atoms with E-state index in [1.165, 1.54) is 6.08 Å². The number of rotatable bonds is 4. The maximum absolute atomic E-state index is 12.0. The first kappa shape index (κ1) is 14.0. The maximum Gasteiger partial charge on any atom is 0.196 e. The molecule has 0 N–H and O–H groups in total. The lowest BCUT2D eigenvalue weighted by Crippen LogP contribution is -2.08. The monoisotopic (exact) mass is 268 g/mol. The van der Waals surface area contributed by atoms with Gasteiger partial charge in [0.05, 0.1) is 6.61 Å². The number of hydrogen-bond donors (Lipinski definition) is 0. The standard InChI is InChI=1S/C17H16O3/c1-3-20-15(10-9-13-7-5-4-6-8-13)16-14(18)11-12(2)17(16)19/h4-11H,3H2,1-2H3/b10-9+,16-15+. The van der Waals surface area contributed by atoms with Crippen molar-refractivity contribution in [3.05, 3.63) is 65.0 Å². The van der Waals surface area contributed by atoms with Crippen LogP contribution in [0.3, 0.4) is 0 Å². The van der Waals surface area contributed by atoms with Crippen molar-refractivity contribution in [1.29, 1.82) is 0 Å². The highest BCUT2D eigenvalue weighted by molar-refractivity contribution is 6.36. The Morgan fingerprint density at radius 1 is 1.20 bits per heavy atom. The van der Waals surface area contributed by atoms with Crippen LogP contribution in [0, 0.1) is 0 Å². The second-order valence-corrected chi connectivity index (χ2v) is 4.44. The highest BCUT2D eigenvalue weighted by atomic mass is 16.5. The van der Waals surface area contributed by atoms with E-state index in [1.54, 1.807) is 13.0 Å². The fraction of sp³-hybridized carbons (Fsp3) is 0.176. The summed E-state index contributed by atoms with van der Waals surface area (Å²) in [5, 5.41) is 0. The van der Waals surface area contributed by atoms with Crippen molar-refractivity contribution < 1.29 is 14.3 Å². The van der Waals surface area contributed by atoms with Gasteiger partial charge in [0.2, 0.25) is 0 Å². The quantitative estimate of drug-likeness (QED) is 0.479. The van der Waals surface area contributed by atoms with Gasteiger partial charge in [-0.05, 0) is 31.6 Å². The zero-order chi connectivity index (χ0) is 14.5. The van der Waals surface area contributed by atoms with Gasteiger partial charge in [-0.15, -0.1) is 0 Å². The summed E-state index contributed by atoms with van der Waals surface area (Å²) in [4.78, 5) is 23.8. The van der Waals surface area contributed by atoms with E-state index >= 15 is 0 Å². The van der Waals surface area contributed by atoms with Crippen LogP contribution in [-0.2, 0) is 14.3 Å². The van der Waals surface area contributed by atoms with E-state index in [9.17, 15) is 9.59 Å². The lowest BCUT2D eigenvalue weighted by Gasteiger charge is -2.07. The highest BCUT2D eigenvalue weighted by Gasteiger charge is 2.29. The van der Waals surface area contributed by atoms with E-state index in [0.717, 1.165) is 5.56 Å². The Bertz CT molecular complexity index is 619. The van der Waals surface area contributed by atoms with Crippen molar-refractivity contribution in [2.75, 3.05) is 6.61 Å². The van der Waals surface area contributed by atoms with Crippen molar-refractivity contribution in [3.8, 4) is 0 Å². The molecule has 20 heavy (non-hydrogen) atoms. The van der Waals surface area contributed by atoms with Crippen molar-refractivity contribution >= 4 is 17.6 Å². The lowest BCUT2D eigenvalue weighted by molar-refractivity contribution is -0.116. The van der Waals surface area contributed by atoms with Gasteiger partial charge in [-0.25, -0.2) is 0 Å². The first-order valence-electron chi connectivity index (χ1n) is 6.51.